The van der Waals surface area contributed by atoms with Crippen molar-refractivity contribution in [3.8, 4) is 0 Å². The summed E-state index contributed by atoms with van der Waals surface area (Å²) in [6.07, 6.45) is 10.4. The molecule has 0 aromatic heterocycles. The maximum absolute atomic E-state index is 12.4. The van der Waals surface area contributed by atoms with Crippen LogP contribution in [0.15, 0.2) is 0 Å². The minimum absolute atomic E-state index is 0.345. The van der Waals surface area contributed by atoms with E-state index in [1.165, 1.54) is 19.3 Å². The van der Waals surface area contributed by atoms with Crippen molar-refractivity contribution >= 4 is 5.78 Å². The summed E-state index contributed by atoms with van der Waals surface area (Å²) < 4.78 is 0. The van der Waals surface area contributed by atoms with Crippen molar-refractivity contribution in [3.63, 3.8) is 0 Å². The molecule has 17 heavy (non-hydrogen) atoms. The summed E-state index contributed by atoms with van der Waals surface area (Å²) in [6, 6.07) is 0.356. The van der Waals surface area contributed by atoms with Gasteiger partial charge in [-0.25, -0.2) is 0 Å². The Hall–Kier alpha value is -0.370. The molecule has 2 aliphatic rings. The third kappa shape index (κ3) is 3.31. The van der Waals surface area contributed by atoms with Crippen LogP contribution in [0.5, 0.6) is 0 Å². The van der Waals surface area contributed by atoms with Gasteiger partial charge in [0.05, 0.1) is 0 Å². The molecule has 2 saturated carbocycles. The molecule has 0 amide bonds. The highest BCUT2D eigenvalue weighted by Gasteiger charge is 2.32. The van der Waals surface area contributed by atoms with Crippen LogP contribution in [0.4, 0.5) is 0 Å². The van der Waals surface area contributed by atoms with Gasteiger partial charge in [0.1, 0.15) is 5.78 Å². The van der Waals surface area contributed by atoms with Gasteiger partial charge in [-0.1, -0.05) is 13.3 Å². The van der Waals surface area contributed by atoms with Crippen molar-refractivity contribution in [2.75, 3.05) is 0 Å². The smallest absolute Gasteiger partial charge is 0.139 e. The molecule has 2 aliphatic carbocycles. The van der Waals surface area contributed by atoms with Gasteiger partial charge < -0.3 is 5.73 Å². The standard InChI is InChI=1S/C15H27NO/c1-2-11-3-5-12(6-4-11)15(17)13-7-9-14(16)10-8-13/h11-14H,2-10,16H2,1H3. The maximum atomic E-state index is 12.4. The molecule has 0 bridgehead atoms. The Morgan fingerprint density at radius 2 is 1.41 bits per heavy atom. The molecule has 0 aliphatic heterocycles. The van der Waals surface area contributed by atoms with Crippen LogP contribution in [0, 0.1) is 17.8 Å². The number of rotatable bonds is 3. The van der Waals surface area contributed by atoms with E-state index in [9.17, 15) is 4.79 Å². The van der Waals surface area contributed by atoms with Crippen molar-refractivity contribution in [2.45, 2.75) is 70.8 Å². The number of Topliss-reactive ketones (excluding diaryl/α,β-unsaturated/α-hetero) is 1. The van der Waals surface area contributed by atoms with Crippen LogP contribution < -0.4 is 5.73 Å². The fourth-order valence-corrected chi connectivity index (χ4v) is 3.59. The van der Waals surface area contributed by atoms with Gasteiger partial charge in [-0.15, -0.1) is 0 Å². The lowest BCUT2D eigenvalue weighted by molar-refractivity contribution is -0.129. The van der Waals surface area contributed by atoms with E-state index in [2.05, 4.69) is 6.92 Å². The molecule has 2 heteroatoms. The first kappa shape index (κ1) is 13.1. The van der Waals surface area contributed by atoms with Crippen molar-refractivity contribution in [2.24, 2.45) is 23.5 Å². The predicted molar refractivity (Wildman–Crippen MR) is 70.7 cm³/mol. The number of hydrogen-bond acceptors (Lipinski definition) is 2. The van der Waals surface area contributed by atoms with Crippen LogP contribution in [0.25, 0.3) is 0 Å². The molecule has 0 saturated heterocycles. The first-order chi connectivity index (χ1) is 8.20. The molecule has 0 radical (unpaired) electrons. The zero-order valence-corrected chi connectivity index (χ0v) is 11.2. The van der Waals surface area contributed by atoms with E-state index in [4.69, 9.17) is 5.73 Å². The van der Waals surface area contributed by atoms with Crippen LogP contribution in [0.3, 0.4) is 0 Å². The summed E-state index contributed by atoms with van der Waals surface area (Å²) in [5, 5.41) is 0. The molecule has 0 atom stereocenters. The summed E-state index contributed by atoms with van der Waals surface area (Å²) >= 11 is 0. The fourth-order valence-electron chi connectivity index (χ4n) is 3.59. The Bertz CT molecular complexity index is 248. The van der Waals surface area contributed by atoms with Crippen molar-refractivity contribution in [1.29, 1.82) is 0 Å². The van der Waals surface area contributed by atoms with Crippen LogP contribution in [-0.4, -0.2) is 11.8 Å². The Balaban J connectivity index is 1.80. The van der Waals surface area contributed by atoms with E-state index in [1.807, 2.05) is 0 Å². The van der Waals surface area contributed by atoms with Crippen molar-refractivity contribution in [3.05, 3.63) is 0 Å². The zero-order valence-electron chi connectivity index (χ0n) is 11.2. The van der Waals surface area contributed by atoms with E-state index in [1.54, 1.807) is 0 Å². The summed E-state index contributed by atoms with van der Waals surface area (Å²) in [4.78, 5) is 12.4. The summed E-state index contributed by atoms with van der Waals surface area (Å²) in [6.45, 7) is 2.27. The molecular weight excluding hydrogens is 210 g/mol. The monoisotopic (exact) mass is 237 g/mol. The number of nitrogens with two attached hydrogens (primary N) is 1. The molecule has 2 N–H and O–H groups in total. The first-order valence-corrected chi connectivity index (χ1v) is 7.50. The van der Waals surface area contributed by atoms with Gasteiger partial charge in [-0.2, -0.15) is 0 Å². The zero-order chi connectivity index (χ0) is 12.3. The Morgan fingerprint density at radius 1 is 0.941 bits per heavy atom. The van der Waals surface area contributed by atoms with Crippen LogP contribution in [0.1, 0.15) is 64.7 Å². The molecule has 0 spiro atoms. The van der Waals surface area contributed by atoms with Gasteiger partial charge in [-0.3, -0.25) is 4.79 Å². The average Bonchev–Trinajstić information content (AvgIpc) is 2.39. The largest absolute Gasteiger partial charge is 0.328 e. The molecule has 2 nitrogen and oxygen atoms in total. The number of carbonyl (C=O) groups excluding carboxylic acids is 1. The van der Waals surface area contributed by atoms with Gasteiger partial charge in [0.2, 0.25) is 0 Å². The predicted octanol–water partition coefficient (Wildman–Crippen LogP) is 3.29. The first-order valence-electron chi connectivity index (χ1n) is 7.50. The summed E-state index contributed by atoms with van der Waals surface area (Å²) in [5.41, 5.74) is 5.90. The third-order valence-electron chi connectivity index (χ3n) is 5.00. The number of hydrogen-bond donors (Lipinski definition) is 1. The SMILES string of the molecule is CCC1CCC(C(=O)C2CCC(N)CC2)CC1. The van der Waals surface area contributed by atoms with Gasteiger partial charge in [-0.05, 0) is 57.3 Å². The van der Waals surface area contributed by atoms with Crippen LogP contribution in [0.2, 0.25) is 0 Å². The fraction of sp³-hybridized carbons (Fsp3) is 0.933. The average molecular weight is 237 g/mol. The molecule has 0 aromatic rings. The van der Waals surface area contributed by atoms with Gasteiger partial charge in [0, 0.05) is 17.9 Å². The van der Waals surface area contributed by atoms with Crippen LogP contribution >= 0.6 is 0 Å². The molecular formula is C15H27NO. The minimum Gasteiger partial charge on any atom is -0.328 e. The normalized spacial score (nSPS) is 38.9. The Labute approximate surface area is 105 Å². The minimum atomic E-state index is 0.345. The maximum Gasteiger partial charge on any atom is 0.139 e. The van der Waals surface area contributed by atoms with Crippen molar-refractivity contribution < 1.29 is 4.79 Å². The van der Waals surface area contributed by atoms with E-state index >= 15 is 0 Å². The molecule has 0 heterocycles. The van der Waals surface area contributed by atoms with E-state index in [0.717, 1.165) is 44.4 Å². The highest BCUT2D eigenvalue weighted by molar-refractivity contribution is 5.83. The molecule has 2 rings (SSSR count). The van der Waals surface area contributed by atoms with Gasteiger partial charge >= 0.3 is 0 Å². The number of carbonyl (C=O) groups is 1. The lowest BCUT2D eigenvalue weighted by Gasteiger charge is -2.32. The van der Waals surface area contributed by atoms with E-state index in [-0.39, 0.29) is 0 Å². The third-order valence-corrected chi connectivity index (χ3v) is 5.00. The highest BCUT2D eigenvalue weighted by atomic mass is 16.1. The second-order valence-electron chi connectivity index (χ2n) is 6.14. The number of ketones is 1. The lowest BCUT2D eigenvalue weighted by Crippen LogP contribution is -2.33. The molecule has 2 fully saturated rings. The quantitative estimate of drug-likeness (QED) is 0.818. The highest BCUT2D eigenvalue weighted by Crippen LogP contribution is 2.35. The second kappa shape index (κ2) is 5.99. The van der Waals surface area contributed by atoms with Crippen molar-refractivity contribution in [1.82, 2.24) is 0 Å². The Morgan fingerprint density at radius 3 is 1.88 bits per heavy atom. The molecule has 0 unspecified atom stereocenters. The second-order valence-corrected chi connectivity index (χ2v) is 6.14. The van der Waals surface area contributed by atoms with E-state index < -0.39 is 0 Å². The molecule has 98 valence electrons. The summed E-state index contributed by atoms with van der Waals surface area (Å²) in [5.74, 6) is 2.19. The lowest BCUT2D eigenvalue weighted by atomic mass is 9.73. The van der Waals surface area contributed by atoms with Gasteiger partial charge in [0.25, 0.3) is 0 Å². The molecule has 0 aromatic carbocycles. The van der Waals surface area contributed by atoms with Gasteiger partial charge in [0.15, 0.2) is 0 Å². The van der Waals surface area contributed by atoms with E-state index in [0.29, 0.717) is 23.7 Å². The Kier molecular flexibility index (Phi) is 4.61. The topological polar surface area (TPSA) is 43.1 Å². The van der Waals surface area contributed by atoms with Crippen LogP contribution in [-0.2, 0) is 4.79 Å². The summed E-state index contributed by atoms with van der Waals surface area (Å²) in [7, 11) is 0.